The van der Waals surface area contributed by atoms with Crippen LogP contribution in [0, 0.1) is 5.92 Å². The summed E-state index contributed by atoms with van der Waals surface area (Å²) in [6.07, 6.45) is 7.19. The Morgan fingerprint density at radius 3 is 2.56 bits per heavy atom. The quantitative estimate of drug-likeness (QED) is 0.856. The maximum atomic E-state index is 12.7. The summed E-state index contributed by atoms with van der Waals surface area (Å²) < 4.78 is 5.22. The van der Waals surface area contributed by atoms with Crippen molar-refractivity contribution in [2.45, 2.75) is 45.1 Å². The fourth-order valence-corrected chi connectivity index (χ4v) is 4.06. The van der Waals surface area contributed by atoms with Gasteiger partial charge in [0.1, 0.15) is 0 Å². The first-order valence-corrected chi connectivity index (χ1v) is 9.55. The standard InChI is InChI=1S/C19H29N3O3/c1-2-9-20-18(23)17(15-6-3-4-7-15)21-10-12-22(13-11-21)19(24)16-8-5-14-25-16/h5,8,14-15,17H,2-4,6-7,9-13H2,1H3,(H,20,23). The molecule has 3 rings (SSSR count). The number of amides is 2. The molecular weight excluding hydrogens is 318 g/mol. The Bertz CT molecular complexity index is 558. The predicted molar refractivity (Wildman–Crippen MR) is 95.2 cm³/mol. The minimum atomic E-state index is -0.0579. The second kappa shape index (κ2) is 8.52. The molecule has 6 heteroatoms. The van der Waals surface area contributed by atoms with Crippen molar-refractivity contribution < 1.29 is 14.0 Å². The Balaban J connectivity index is 1.61. The zero-order valence-electron chi connectivity index (χ0n) is 15.1. The predicted octanol–water partition coefficient (Wildman–Crippen LogP) is 2.12. The maximum absolute atomic E-state index is 12.7. The molecule has 2 heterocycles. The van der Waals surface area contributed by atoms with Crippen molar-refractivity contribution in [1.82, 2.24) is 15.1 Å². The molecule has 0 spiro atoms. The zero-order chi connectivity index (χ0) is 17.6. The third-order valence-corrected chi connectivity index (χ3v) is 5.39. The van der Waals surface area contributed by atoms with Crippen molar-refractivity contribution in [3.05, 3.63) is 24.2 Å². The van der Waals surface area contributed by atoms with Gasteiger partial charge in [0.05, 0.1) is 12.3 Å². The molecule has 0 bridgehead atoms. The van der Waals surface area contributed by atoms with E-state index in [4.69, 9.17) is 4.42 Å². The number of hydrogen-bond donors (Lipinski definition) is 1. The Morgan fingerprint density at radius 1 is 1.24 bits per heavy atom. The fraction of sp³-hybridized carbons (Fsp3) is 0.684. The molecule has 0 radical (unpaired) electrons. The Kier molecular flexibility index (Phi) is 6.13. The summed E-state index contributed by atoms with van der Waals surface area (Å²) >= 11 is 0. The van der Waals surface area contributed by atoms with Gasteiger partial charge in [-0.25, -0.2) is 0 Å². The van der Waals surface area contributed by atoms with E-state index in [1.54, 1.807) is 12.1 Å². The van der Waals surface area contributed by atoms with Gasteiger partial charge in [0, 0.05) is 32.7 Å². The summed E-state index contributed by atoms with van der Waals surface area (Å²) in [7, 11) is 0. The zero-order valence-corrected chi connectivity index (χ0v) is 15.1. The minimum Gasteiger partial charge on any atom is -0.459 e. The number of nitrogens with one attached hydrogen (secondary N) is 1. The van der Waals surface area contributed by atoms with E-state index in [1.165, 1.54) is 19.1 Å². The van der Waals surface area contributed by atoms with Gasteiger partial charge in [0.15, 0.2) is 5.76 Å². The molecule has 0 aromatic carbocycles. The summed E-state index contributed by atoms with van der Waals surface area (Å²) in [4.78, 5) is 29.3. The van der Waals surface area contributed by atoms with E-state index in [9.17, 15) is 9.59 Å². The molecular formula is C19H29N3O3. The van der Waals surface area contributed by atoms with E-state index in [0.717, 1.165) is 38.9 Å². The lowest BCUT2D eigenvalue weighted by Gasteiger charge is -2.40. The van der Waals surface area contributed by atoms with Crippen LogP contribution in [0.3, 0.4) is 0 Å². The van der Waals surface area contributed by atoms with Crippen molar-refractivity contribution in [2.75, 3.05) is 32.7 Å². The normalized spacial score (nSPS) is 20.6. The summed E-state index contributed by atoms with van der Waals surface area (Å²) in [6.45, 7) is 5.58. The van der Waals surface area contributed by atoms with Crippen LogP contribution in [0.4, 0.5) is 0 Å². The number of rotatable bonds is 6. The average Bonchev–Trinajstić information content (AvgIpc) is 3.34. The monoisotopic (exact) mass is 347 g/mol. The van der Waals surface area contributed by atoms with Gasteiger partial charge in [-0.3, -0.25) is 14.5 Å². The third-order valence-electron chi connectivity index (χ3n) is 5.39. The van der Waals surface area contributed by atoms with Crippen molar-refractivity contribution in [2.24, 2.45) is 5.92 Å². The molecule has 1 atom stereocenters. The van der Waals surface area contributed by atoms with Crippen LogP contribution >= 0.6 is 0 Å². The van der Waals surface area contributed by atoms with Gasteiger partial charge in [-0.15, -0.1) is 0 Å². The van der Waals surface area contributed by atoms with Gasteiger partial charge in [-0.1, -0.05) is 19.8 Å². The van der Waals surface area contributed by atoms with Gasteiger partial charge in [0.2, 0.25) is 5.91 Å². The highest BCUT2D eigenvalue weighted by Gasteiger charge is 2.37. The van der Waals surface area contributed by atoms with Gasteiger partial charge in [0.25, 0.3) is 5.91 Å². The van der Waals surface area contributed by atoms with E-state index in [-0.39, 0.29) is 17.9 Å². The first-order chi connectivity index (χ1) is 12.2. The number of carbonyl (C=O) groups excluding carboxylic acids is 2. The second-order valence-electron chi connectivity index (χ2n) is 7.09. The maximum Gasteiger partial charge on any atom is 0.289 e. The number of piperazine rings is 1. The van der Waals surface area contributed by atoms with E-state index in [1.807, 2.05) is 4.90 Å². The second-order valence-corrected chi connectivity index (χ2v) is 7.09. The molecule has 1 N–H and O–H groups in total. The smallest absolute Gasteiger partial charge is 0.289 e. The highest BCUT2D eigenvalue weighted by Crippen LogP contribution is 2.31. The largest absolute Gasteiger partial charge is 0.459 e. The number of carbonyl (C=O) groups is 2. The highest BCUT2D eigenvalue weighted by atomic mass is 16.3. The average molecular weight is 347 g/mol. The Morgan fingerprint density at radius 2 is 1.96 bits per heavy atom. The van der Waals surface area contributed by atoms with Crippen LogP contribution < -0.4 is 5.32 Å². The van der Waals surface area contributed by atoms with Crippen LogP contribution in [0.2, 0.25) is 0 Å². The topological polar surface area (TPSA) is 65.8 Å². The van der Waals surface area contributed by atoms with Gasteiger partial charge in [-0.05, 0) is 37.3 Å². The number of furan rings is 1. The van der Waals surface area contributed by atoms with E-state index >= 15 is 0 Å². The van der Waals surface area contributed by atoms with E-state index < -0.39 is 0 Å². The molecule has 1 unspecified atom stereocenters. The van der Waals surface area contributed by atoms with Crippen LogP contribution in [-0.4, -0.2) is 60.4 Å². The van der Waals surface area contributed by atoms with Gasteiger partial charge < -0.3 is 14.6 Å². The molecule has 138 valence electrons. The highest BCUT2D eigenvalue weighted by molar-refractivity contribution is 5.91. The van der Waals surface area contributed by atoms with Crippen molar-refractivity contribution in [3.8, 4) is 0 Å². The molecule has 2 amide bonds. The summed E-state index contributed by atoms with van der Waals surface area (Å²) in [5.74, 6) is 0.947. The first-order valence-electron chi connectivity index (χ1n) is 9.55. The molecule has 6 nitrogen and oxygen atoms in total. The van der Waals surface area contributed by atoms with E-state index in [2.05, 4.69) is 17.1 Å². The molecule has 2 aliphatic rings. The Labute approximate surface area is 149 Å². The molecule has 1 aliphatic heterocycles. The lowest BCUT2D eigenvalue weighted by Crippen LogP contribution is -2.58. The first kappa shape index (κ1) is 18.0. The Hall–Kier alpha value is -1.82. The van der Waals surface area contributed by atoms with Crippen LogP contribution in [0.25, 0.3) is 0 Å². The molecule has 1 saturated heterocycles. The molecule has 2 fully saturated rings. The SMILES string of the molecule is CCCNC(=O)C(C1CCCC1)N1CCN(C(=O)c2ccco2)CC1. The molecule has 1 saturated carbocycles. The van der Waals surface area contributed by atoms with Crippen molar-refractivity contribution >= 4 is 11.8 Å². The van der Waals surface area contributed by atoms with Crippen LogP contribution in [0.1, 0.15) is 49.6 Å². The number of nitrogens with zero attached hydrogens (tertiary/aromatic N) is 2. The van der Waals surface area contributed by atoms with E-state index in [0.29, 0.717) is 24.8 Å². The molecule has 25 heavy (non-hydrogen) atoms. The summed E-state index contributed by atoms with van der Waals surface area (Å²) in [5, 5.41) is 3.09. The van der Waals surface area contributed by atoms with Crippen molar-refractivity contribution in [1.29, 1.82) is 0 Å². The molecule has 1 aromatic rings. The van der Waals surface area contributed by atoms with Crippen molar-refractivity contribution in [3.63, 3.8) is 0 Å². The number of hydrogen-bond acceptors (Lipinski definition) is 4. The fourth-order valence-electron chi connectivity index (χ4n) is 4.06. The lowest BCUT2D eigenvalue weighted by molar-refractivity contribution is -0.129. The minimum absolute atomic E-state index is 0.0464. The van der Waals surface area contributed by atoms with Crippen LogP contribution in [-0.2, 0) is 4.79 Å². The van der Waals surface area contributed by atoms with Gasteiger partial charge >= 0.3 is 0 Å². The van der Waals surface area contributed by atoms with Gasteiger partial charge in [-0.2, -0.15) is 0 Å². The molecule has 1 aliphatic carbocycles. The third kappa shape index (κ3) is 4.24. The summed E-state index contributed by atoms with van der Waals surface area (Å²) in [5.41, 5.74) is 0. The van der Waals surface area contributed by atoms with Crippen LogP contribution in [0.15, 0.2) is 22.8 Å². The van der Waals surface area contributed by atoms with Crippen LogP contribution in [0.5, 0.6) is 0 Å². The lowest BCUT2D eigenvalue weighted by atomic mass is 9.95. The summed E-state index contributed by atoms with van der Waals surface area (Å²) in [6, 6.07) is 3.39. The molecule has 1 aromatic heterocycles.